The number of rotatable bonds is 2. The Morgan fingerprint density at radius 2 is 2.40 bits per heavy atom. The topological polar surface area (TPSA) is 26.0 Å². The van der Waals surface area contributed by atoms with Crippen molar-refractivity contribution in [3.05, 3.63) is 0 Å². The molecule has 1 atom stereocenters. The maximum absolute atomic E-state index is 5.15. The van der Waals surface area contributed by atoms with Crippen LogP contribution in [0.25, 0.3) is 0 Å². The zero-order valence-electron chi connectivity index (χ0n) is 3.49. The highest BCUT2D eigenvalue weighted by Gasteiger charge is 1.67. The molecule has 0 bridgehead atoms. The van der Waals surface area contributed by atoms with E-state index >= 15 is 0 Å². The SMILES string of the molecule is CPCCN. The molecule has 0 radical (unpaired) electrons. The molecule has 0 rings (SSSR count). The van der Waals surface area contributed by atoms with Gasteiger partial charge in [0.2, 0.25) is 0 Å². The molecule has 0 aromatic heterocycles. The summed E-state index contributed by atoms with van der Waals surface area (Å²) in [5.74, 6) is 0. The molecule has 0 aromatic rings. The fourth-order valence-electron chi connectivity index (χ4n) is 0.144. The summed E-state index contributed by atoms with van der Waals surface area (Å²) >= 11 is 0. The quantitative estimate of drug-likeness (QED) is 0.484. The van der Waals surface area contributed by atoms with Gasteiger partial charge in [-0.05, 0) is 19.4 Å². The Balaban J connectivity index is 2.19. The van der Waals surface area contributed by atoms with Gasteiger partial charge < -0.3 is 5.73 Å². The van der Waals surface area contributed by atoms with Gasteiger partial charge in [0.05, 0.1) is 0 Å². The summed E-state index contributed by atoms with van der Waals surface area (Å²) < 4.78 is 0. The Kier molecular flexibility index (Phi) is 4.73. The minimum absolute atomic E-state index is 0.856. The molecule has 0 fully saturated rings. The van der Waals surface area contributed by atoms with Crippen LogP contribution in [0.2, 0.25) is 0 Å². The summed E-state index contributed by atoms with van der Waals surface area (Å²) in [6, 6.07) is 0. The molecule has 1 nitrogen and oxygen atoms in total. The van der Waals surface area contributed by atoms with Crippen LogP contribution in [0.1, 0.15) is 0 Å². The summed E-state index contributed by atoms with van der Waals surface area (Å²) in [7, 11) is 1.03. The molecule has 0 amide bonds. The number of hydrogen-bond donors (Lipinski definition) is 1. The molecule has 0 aliphatic heterocycles. The monoisotopic (exact) mass is 91.1 g/mol. The van der Waals surface area contributed by atoms with Crippen molar-refractivity contribution in [3.63, 3.8) is 0 Å². The van der Waals surface area contributed by atoms with Crippen molar-refractivity contribution in [3.8, 4) is 0 Å². The van der Waals surface area contributed by atoms with Gasteiger partial charge in [0.1, 0.15) is 0 Å². The van der Waals surface area contributed by atoms with E-state index in [0.29, 0.717) is 0 Å². The van der Waals surface area contributed by atoms with E-state index in [9.17, 15) is 0 Å². The van der Waals surface area contributed by atoms with Crippen LogP contribution in [-0.4, -0.2) is 19.4 Å². The first-order chi connectivity index (χ1) is 2.41. The van der Waals surface area contributed by atoms with Crippen molar-refractivity contribution in [2.75, 3.05) is 19.4 Å². The maximum Gasteiger partial charge on any atom is -0.00403 e. The van der Waals surface area contributed by atoms with Crippen LogP contribution in [0.3, 0.4) is 0 Å². The predicted molar refractivity (Wildman–Crippen MR) is 28.2 cm³/mol. The van der Waals surface area contributed by atoms with E-state index in [1.54, 1.807) is 0 Å². The van der Waals surface area contributed by atoms with Crippen molar-refractivity contribution in [2.24, 2.45) is 5.73 Å². The summed E-state index contributed by atoms with van der Waals surface area (Å²) in [5.41, 5.74) is 5.15. The first kappa shape index (κ1) is 5.39. The molecule has 0 aromatic carbocycles. The van der Waals surface area contributed by atoms with Crippen LogP contribution in [0.5, 0.6) is 0 Å². The van der Waals surface area contributed by atoms with Gasteiger partial charge >= 0.3 is 0 Å². The summed E-state index contributed by atoms with van der Waals surface area (Å²) in [4.78, 5) is 0. The Hall–Kier alpha value is 0.390. The van der Waals surface area contributed by atoms with E-state index in [0.717, 1.165) is 15.1 Å². The molecular weight excluding hydrogens is 81.0 g/mol. The van der Waals surface area contributed by atoms with Gasteiger partial charge in [0, 0.05) is 0 Å². The molecule has 0 saturated heterocycles. The zero-order valence-corrected chi connectivity index (χ0v) is 4.49. The molecule has 2 heteroatoms. The fourth-order valence-corrected chi connectivity index (χ4v) is 0.433. The molecule has 0 aliphatic rings. The molecule has 2 N–H and O–H groups in total. The molecule has 0 aliphatic carbocycles. The Morgan fingerprint density at radius 1 is 1.80 bits per heavy atom. The van der Waals surface area contributed by atoms with Gasteiger partial charge in [0.25, 0.3) is 0 Å². The van der Waals surface area contributed by atoms with Gasteiger partial charge in [-0.2, -0.15) is 0 Å². The normalized spacial score (nSPS) is 10.8. The van der Waals surface area contributed by atoms with Crippen molar-refractivity contribution >= 4 is 8.58 Å². The molecule has 32 valence electrons. The Bertz CT molecular complexity index is 14.4. The highest BCUT2D eigenvalue weighted by molar-refractivity contribution is 7.37. The van der Waals surface area contributed by atoms with E-state index in [1.165, 1.54) is 6.16 Å². The lowest BCUT2D eigenvalue weighted by Crippen LogP contribution is -1.98. The average Bonchev–Trinajstić information content (AvgIpc) is 1.41. The maximum atomic E-state index is 5.15. The smallest absolute Gasteiger partial charge is 0.00403 e. The van der Waals surface area contributed by atoms with Crippen LogP contribution in [0.4, 0.5) is 0 Å². The minimum Gasteiger partial charge on any atom is -0.330 e. The molecule has 0 heterocycles. The lowest BCUT2D eigenvalue weighted by atomic mass is 10.8. The van der Waals surface area contributed by atoms with Gasteiger partial charge in [-0.25, -0.2) is 0 Å². The number of nitrogens with two attached hydrogens (primary N) is 1. The molecule has 0 spiro atoms. The average molecular weight is 91.1 g/mol. The van der Waals surface area contributed by atoms with Crippen molar-refractivity contribution in [1.82, 2.24) is 0 Å². The Morgan fingerprint density at radius 3 is 2.40 bits per heavy atom. The second-order valence-corrected chi connectivity index (χ2v) is 2.10. The first-order valence-electron chi connectivity index (χ1n) is 1.76. The molecular formula is C3H10NP. The van der Waals surface area contributed by atoms with Crippen LogP contribution in [0.15, 0.2) is 0 Å². The zero-order chi connectivity index (χ0) is 4.12. The van der Waals surface area contributed by atoms with E-state index in [1.807, 2.05) is 0 Å². The highest BCUT2D eigenvalue weighted by atomic mass is 31.1. The Labute approximate surface area is 34.7 Å². The third-order valence-corrected chi connectivity index (χ3v) is 1.18. The third kappa shape index (κ3) is 4.39. The summed E-state index contributed by atoms with van der Waals surface area (Å²) in [6.07, 6.45) is 1.19. The fraction of sp³-hybridized carbons (Fsp3) is 1.00. The molecule has 5 heavy (non-hydrogen) atoms. The van der Waals surface area contributed by atoms with Gasteiger partial charge in [-0.1, -0.05) is 0 Å². The van der Waals surface area contributed by atoms with Gasteiger partial charge in [0.15, 0.2) is 0 Å². The van der Waals surface area contributed by atoms with Crippen LogP contribution < -0.4 is 5.73 Å². The van der Waals surface area contributed by atoms with Crippen molar-refractivity contribution in [2.45, 2.75) is 0 Å². The van der Waals surface area contributed by atoms with Crippen LogP contribution in [0, 0.1) is 0 Å². The first-order valence-corrected chi connectivity index (χ1v) is 3.47. The minimum atomic E-state index is 0.856. The largest absolute Gasteiger partial charge is 0.330 e. The van der Waals surface area contributed by atoms with Crippen molar-refractivity contribution < 1.29 is 0 Å². The predicted octanol–water partition coefficient (Wildman–Crippen LogP) is 0.253. The lowest BCUT2D eigenvalue weighted by Gasteiger charge is -1.81. The second kappa shape index (κ2) is 4.39. The van der Waals surface area contributed by atoms with Gasteiger partial charge in [-0.15, -0.1) is 8.58 Å². The number of hydrogen-bond acceptors (Lipinski definition) is 1. The van der Waals surface area contributed by atoms with Crippen LogP contribution in [-0.2, 0) is 0 Å². The van der Waals surface area contributed by atoms with E-state index < -0.39 is 0 Å². The van der Waals surface area contributed by atoms with E-state index in [-0.39, 0.29) is 0 Å². The van der Waals surface area contributed by atoms with E-state index in [2.05, 4.69) is 6.66 Å². The standard InChI is InChI=1S/C3H10NP/c1-5-3-2-4/h5H,2-4H2,1H3. The van der Waals surface area contributed by atoms with E-state index in [4.69, 9.17) is 5.73 Å². The second-order valence-electron chi connectivity index (χ2n) is 0.892. The third-order valence-electron chi connectivity index (χ3n) is 0.394. The highest BCUT2D eigenvalue weighted by Crippen LogP contribution is 1.95. The molecule has 1 unspecified atom stereocenters. The molecule has 0 saturated carbocycles. The lowest BCUT2D eigenvalue weighted by molar-refractivity contribution is 1.15. The summed E-state index contributed by atoms with van der Waals surface area (Å²) in [5, 5.41) is 0. The van der Waals surface area contributed by atoms with Gasteiger partial charge in [-0.3, -0.25) is 0 Å². The summed E-state index contributed by atoms with van der Waals surface area (Å²) in [6.45, 7) is 3.02. The van der Waals surface area contributed by atoms with Crippen LogP contribution >= 0.6 is 8.58 Å². The van der Waals surface area contributed by atoms with Crippen molar-refractivity contribution in [1.29, 1.82) is 0 Å².